The molecule has 1 aliphatic heterocycles. The van der Waals surface area contributed by atoms with Crippen molar-refractivity contribution in [1.82, 2.24) is 20.0 Å². The number of hydrogen-bond donors (Lipinski definition) is 1. The molecule has 0 radical (unpaired) electrons. The first-order valence-electron chi connectivity index (χ1n) is 10.9. The highest BCUT2D eigenvalue weighted by molar-refractivity contribution is 5.83. The minimum atomic E-state index is -0.264. The van der Waals surface area contributed by atoms with E-state index in [4.69, 9.17) is 0 Å². The molecule has 2 aliphatic rings. The van der Waals surface area contributed by atoms with E-state index in [0.29, 0.717) is 13.1 Å². The van der Waals surface area contributed by atoms with E-state index in [1.54, 1.807) is 17.0 Å². The van der Waals surface area contributed by atoms with Gasteiger partial charge in [-0.05, 0) is 68.9 Å². The molecular weight excluding hydrogens is 383 g/mol. The quantitative estimate of drug-likeness (QED) is 0.759. The molecule has 1 aromatic heterocycles. The van der Waals surface area contributed by atoms with Crippen LogP contribution in [-0.4, -0.2) is 58.5 Å². The molecule has 2 amide bonds. The number of aromatic amines is 1. The molecular formula is C23H29FN4O2. The van der Waals surface area contributed by atoms with Gasteiger partial charge in [0, 0.05) is 43.9 Å². The number of likely N-dealkylation sites (tertiary alicyclic amines) is 1. The molecule has 0 bridgehead atoms. The smallest absolute Gasteiger partial charge is 0.227 e. The topological polar surface area (TPSA) is 69.3 Å². The second kappa shape index (κ2) is 8.98. The van der Waals surface area contributed by atoms with Gasteiger partial charge in [-0.3, -0.25) is 14.7 Å². The number of amides is 2. The first-order valence-corrected chi connectivity index (χ1v) is 10.9. The van der Waals surface area contributed by atoms with Gasteiger partial charge in [-0.15, -0.1) is 0 Å². The number of hydrogen-bond acceptors (Lipinski definition) is 3. The summed E-state index contributed by atoms with van der Waals surface area (Å²) >= 11 is 0. The van der Waals surface area contributed by atoms with Gasteiger partial charge in [0.15, 0.2) is 0 Å². The molecule has 1 saturated heterocycles. The summed E-state index contributed by atoms with van der Waals surface area (Å²) in [7, 11) is 1.85. The summed E-state index contributed by atoms with van der Waals surface area (Å²) in [5.41, 5.74) is 2.65. The first-order chi connectivity index (χ1) is 14.5. The highest BCUT2D eigenvalue weighted by Crippen LogP contribution is 2.32. The summed E-state index contributed by atoms with van der Waals surface area (Å²) in [5.74, 6) is 0.251. The van der Waals surface area contributed by atoms with Crippen LogP contribution >= 0.6 is 0 Å². The maximum atomic E-state index is 13.1. The first kappa shape index (κ1) is 20.6. The van der Waals surface area contributed by atoms with Crippen LogP contribution in [0.1, 0.15) is 37.8 Å². The summed E-state index contributed by atoms with van der Waals surface area (Å²) in [6.07, 6.45) is 5.38. The van der Waals surface area contributed by atoms with E-state index in [-0.39, 0.29) is 29.5 Å². The van der Waals surface area contributed by atoms with Crippen LogP contribution in [0.15, 0.2) is 30.3 Å². The number of benzene rings is 1. The summed E-state index contributed by atoms with van der Waals surface area (Å²) in [4.78, 5) is 28.9. The highest BCUT2D eigenvalue weighted by Gasteiger charge is 2.37. The van der Waals surface area contributed by atoms with Crippen molar-refractivity contribution in [2.24, 2.45) is 11.8 Å². The van der Waals surface area contributed by atoms with Crippen molar-refractivity contribution in [3.8, 4) is 11.3 Å². The number of nitrogens with one attached hydrogen (secondary N) is 1. The largest absolute Gasteiger partial charge is 0.345 e. The van der Waals surface area contributed by atoms with Gasteiger partial charge >= 0.3 is 0 Å². The fourth-order valence-electron chi connectivity index (χ4n) is 4.15. The van der Waals surface area contributed by atoms with Crippen LogP contribution in [-0.2, 0) is 16.0 Å². The second-order valence-electron chi connectivity index (χ2n) is 8.55. The van der Waals surface area contributed by atoms with Crippen LogP contribution in [0.3, 0.4) is 0 Å². The van der Waals surface area contributed by atoms with Crippen molar-refractivity contribution in [3.05, 3.63) is 41.8 Å². The van der Waals surface area contributed by atoms with Gasteiger partial charge in [0.25, 0.3) is 0 Å². The molecule has 2 heterocycles. The van der Waals surface area contributed by atoms with Gasteiger partial charge in [0.05, 0.1) is 11.6 Å². The number of carbonyl (C=O) groups is 2. The van der Waals surface area contributed by atoms with Gasteiger partial charge in [0.1, 0.15) is 5.82 Å². The zero-order valence-corrected chi connectivity index (χ0v) is 17.4. The van der Waals surface area contributed by atoms with E-state index >= 15 is 0 Å². The zero-order valence-electron chi connectivity index (χ0n) is 17.4. The Morgan fingerprint density at radius 1 is 1.20 bits per heavy atom. The number of rotatable bonds is 7. The third kappa shape index (κ3) is 4.89. The van der Waals surface area contributed by atoms with Crippen LogP contribution in [0.4, 0.5) is 4.39 Å². The average Bonchev–Trinajstić information content (AvgIpc) is 3.51. The van der Waals surface area contributed by atoms with E-state index < -0.39 is 0 Å². The number of H-pyrrole nitrogens is 1. The number of piperidine rings is 1. The standard InChI is InChI=1S/C23H29FN4O2/c1-27(22(29)18-4-2-13-28(15-18)23(30)17-6-7-17)12-3-5-20-14-21(26-25-20)16-8-10-19(24)11-9-16/h8-11,14,17-18H,2-7,12-13,15H2,1H3,(H,25,26). The number of carbonyl (C=O) groups excluding carboxylic acids is 2. The van der Waals surface area contributed by atoms with E-state index in [1.807, 2.05) is 18.0 Å². The fraction of sp³-hybridized carbons (Fsp3) is 0.522. The highest BCUT2D eigenvalue weighted by atomic mass is 19.1. The lowest BCUT2D eigenvalue weighted by Gasteiger charge is -2.34. The van der Waals surface area contributed by atoms with Crippen LogP contribution in [0, 0.1) is 17.7 Å². The molecule has 7 heteroatoms. The third-order valence-electron chi connectivity index (χ3n) is 6.10. The Kier molecular flexibility index (Phi) is 6.16. The molecule has 1 unspecified atom stereocenters. The Labute approximate surface area is 176 Å². The fourth-order valence-corrected chi connectivity index (χ4v) is 4.15. The van der Waals surface area contributed by atoms with E-state index in [9.17, 15) is 14.0 Å². The molecule has 1 atom stereocenters. The summed E-state index contributed by atoms with van der Waals surface area (Å²) in [6, 6.07) is 8.24. The Hall–Kier alpha value is -2.70. The van der Waals surface area contributed by atoms with Crippen molar-refractivity contribution >= 4 is 11.8 Å². The minimum Gasteiger partial charge on any atom is -0.345 e. The van der Waals surface area contributed by atoms with Gasteiger partial charge in [-0.2, -0.15) is 5.10 Å². The molecule has 6 nitrogen and oxygen atoms in total. The SMILES string of the molecule is CN(CCCc1cc(-c2ccc(F)cc2)n[nH]1)C(=O)C1CCCN(C(=O)C2CC2)C1. The van der Waals surface area contributed by atoms with Crippen molar-refractivity contribution in [3.63, 3.8) is 0 Å². The molecule has 1 saturated carbocycles. The van der Waals surface area contributed by atoms with Crippen LogP contribution in [0.5, 0.6) is 0 Å². The zero-order chi connectivity index (χ0) is 21.1. The normalized spacial score (nSPS) is 19.0. The monoisotopic (exact) mass is 412 g/mol. The lowest BCUT2D eigenvalue weighted by Crippen LogP contribution is -2.46. The van der Waals surface area contributed by atoms with Crippen LogP contribution in [0.25, 0.3) is 11.3 Å². The molecule has 160 valence electrons. The third-order valence-corrected chi connectivity index (χ3v) is 6.10. The van der Waals surface area contributed by atoms with Crippen LogP contribution < -0.4 is 0 Å². The Balaban J connectivity index is 1.24. The predicted octanol–water partition coefficient (Wildman–Crippen LogP) is 3.26. The Morgan fingerprint density at radius 2 is 1.97 bits per heavy atom. The number of halogens is 1. The van der Waals surface area contributed by atoms with E-state index in [0.717, 1.165) is 62.0 Å². The number of nitrogens with zero attached hydrogens (tertiary/aromatic N) is 3. The number of aryl methyl sites for hydroxylation is 1. The molecule has 2 fully saturated rings. The molecule has 1 aliphatic carbocycles. The molecule has 30 heavy (non-hydrogen) atoms. The Bertz CT molecular complexity index is 891. The van der Waals surface area contributed by atoms with Crippen LogP contribution in [0.2, 0.25) is 0 Å². The Morgan fingerprint density at radius 3 is 2.70 bits per heavy atom. The van der Waals surface area contributed by atoms with E-state index in [2.05, 4.69) is 10.2 Å². The molecule has 4 rings (SSSR count). The van der Waals surface area contributed by atoms with Crippen molar-refractivity contribution in [1.29, 1.82) is 0 Å². The van der Waals surface area contributed by atoms with Gasteiger partial charge in [-0.1, -0.05) is 0 Å². The molecule has 1 N–H and O–H groups in total. The minimum absolute atomic E-state index is 0.0799. The predicted molar refractivity (Wildman–Crippen MR) is 112 cm³/mol. The summed E-state index contributed by atoms with van der Waals surface area (Å²) in [6.45, 7) is 2.02. The maximum absolute atomic E-state index is 13.1. The maximum Gasteiger partial charge on any atom is 0.227 e. The van der Waals surface area contributed by atoms with Crippen molar-refractivity contribution < 1.29 is 14.0 Å². The molecule has 2 aromatic rings. The van der Waals surface area contributed by atoms with Gasteiger partial charge < -0.3 is 9.80 Å². The molecule has 1 aromatic carbocycles. The average molecular weight is 413 g/mol. The van der Waals surface area contributed by atoms with Gasteiger partial charge in [0.2, 0.25) is 11.8 Å². The molecule has 0 spiro atoms. The van der Waals surface area contributed by atoms with E-state index in [1.165, 1.54) is 12.1 Å². The summed E-state index contributed by atoms with van der Waals surface area (Å²) < 4.78 is 13.1. The summed E-state index contributed by atoms with van der Waals surface area (Å²) in [5, 5.41) is 7.33. The second-order valence-corrected chi connectivity index (χ2v) is 8.55. The van der Waals surface area contributed by atoms with Crippen molar-refractivity contribution in [2.45, 2.75) is 38.5 Å². The van der Waals surface area contributed by atoms with Gasteiger partial charge in [-0.25, -0.2) is 4.39 Å². The van der Waals surface area contributed by atoms with Crippen molar-refractivity contribution in [2.75, 3.05) is 26.7 Å². The lowest BCUT2D eigenvalue weighted by atomic mass is 9.96. The number of aromatic nitrogens is 2. The lowest BCUT2D eigenvalue weighted by molar-refractivity contribution is -0.140.